The number of pyridine rings is 1. The van der Waals surface area contributed by atoms with Gasteiger partial charge in [-0.3, -0.25) is 14.6 Å². The third kappa shape index (κ3) is 3.49. The molecule has 0 radical (unpaired) electrons. The van der Waals surface area contributed by atoms with Crippen LogP contribution in [0, 0.1) is 6.92 Å². The SMILES string of the molecule is Cc1ccc(NC(=O)c2ccnc(C(=O)NC3CC3)c2)cc1. The third-order valence-electron chi connectivity index (χ3n) is 3.48. The molecule has 1 aromatic carbocycles. The molecule has 0 saturated heterocycles. The molecule has 1 aliphatic carbocycles. The number of amides is 2. The van der Waals surface area contributed by atoms with Crippen molar-refractivity contribution in [2.45, 2.75) is 25.8 Å². The quantitative estimate of drug-likeness (QED) is 0.910. The lowest BCUT2D eigenvalue weighted by Crippen LogP contribution is -2.26. The molecule has 1 aliphatic rings. The zero-order valence-electron chi connectivity index (χ0n) is 12.3. The van der Waals surface area contributed by atoms with Gasteiger partial charge in [-0.25, -0.2) is 0 Å². The van der Waals surface area contributed by atoms with E-state index in [0.717, 1.165) is 24.1 Å². The topological polar surface area (TPSA) is 71.1 Å². The van der Waals surface area contributed by atoms with E-state index in [1.165, 1.54) is 12.3 Å². The monoisotopic (exact) mass is 295 g/mol. The number of benzene rings is 1. The Labute approximate surface area is 128 Å². The van der Waals surface area contributed by atoms with Gasteiger partial charge in [-0.1, -0.05) is 17.7 Å². The molecule has 1 aromatic heterocycles. The van der Waals surface area contributed by atoms with E-state index in [1.807, 2.05) is 31.2 Å². The fourth-order valence-corrected chi connectivity index (χ4v) is 2.02. The lowest BCUT2D eigenvalue weighted by Gasteiger charge is -2.07. The van der Waals surface area contributed by atoms with Crippen molar-refractivity contribution in [1.29, 1.82) is 0 Å². The second-order valence-electron chi connectivity index (χ2n) is 5.50. The van der Waals surface area contributed by atoms with Crippen LogP contribution in [0.25, 0.3) is 0 Å². The first-order valence-corrected chi connectivity index (χ1v) is 7.27. The second-order valence-corrected chi connectivity index (χ2v) is 5.50. The minimum atomic E-state index is -0.258. The van der Waals surface area contributed by atoms with Crippen LogP contribution in [0.15, 0.2) is 42.6 Å². The molecule has 0 unspecified atom stereocenters. The predicted molar refractivity (Wildman–Crippen MR) is 83.9 cm³/mol. The van der Waals surface area contributed by atoms with Crippen molar-refractivity contribution < 1.29 is 9.59 Å². The fraction of sp³-hybridized carbons (Fsp3) is 0.235. The molecule has 1 fully saturated rings. The standard InChI is InChI=1S/C17H17N3O2/c1-11-2-4-13(5-3-11)19-16(21)12-8-9-18-15(10-12)17(22)20-14-6-7-14/h2-5,8-10,14H,6-7H2,1H3,(H,19,21)(H,20,22). The van der Waals surface area contributed by atoms with Crippen molar-refractivity contribution in [2.24, 2.45) is 0 Å². The average Bonchev–Trinajstić information content (AvgIpc) is 3.33. The molecule has 2 N–H and O–H groups in total. The summed E-state index contributed by atoms with van der Waals surface area (Å²) < 4.78 is 0. The van der Waals surface area contributed by atoms with Crippen LogP contribution < -0.4 is 10.6 Å². The minimum absolute atomic E-state index is 0.229. The zero-order chi connectivity index (χ0) is 15.5. The highest BCUT2D eigenvalue weighted by atomic mass is 16.2. The molecule has 112 valence electrons. The van der Waals surface area contributed by atoms with Crippen molar-refractivity contribution in [3.63, 3.8) is 0 Å². The number of hydrogen-bond acceptors (Lipinski definition) is 3. The summed E-state index contributed by atoms with van der Waals surface area (Å²) in [6.07, 6.45) is 3.50. The molecule has 1 saturated carbocycles. The van der Waals surface area contributed by atoms with Crippen LogP contribution in [-0.4, -0.2) is 22.8 Å². The first kappa shape index (κ1) is 14.3. The van der Waals surface area contributed by atoms with Crippen LogP contribution >= 0.6 is 0 Å². The van der Waals surface area contributed by atoms with Crippen LogP contribution in [0.1, 0.15) is 39.3 Å². The Morgan fingerprint density at radius 1 is 1.09 bits per heavy atom. The van der Waals surface area contributed by atoms with Gasteiger partial charge in [0.2, 0.25) is 0 Å². The summed E-state index contributed by atoms with van der Waals surface area (Å²) in [5.74, 6) is -0.487. The summed E-state index contributed by atoms with van der Waals surface area (Å²) in [5.41, 5.74) is 2.53. The normalized spacial score (nSPS) is 13.5. The van der Waals surface area contributed by atoms with E-state index in [-0.39, 0.29) is 23.6 Å². The number of carbonyl (C=O) groups is 2. The smallest absolute Gasteiger partial charge is 0.270 e. The van der Waals surface area contributed by atoms with Gasteiger partial charge in [0.15, 0.2) is 0 Å². The van der Waals surface area contributed by atoms with Gasteiger partial charge < -0.3 is 10.6 Å². The van der Waals surface area contributed by atoms with Crippen LogP contribution in [0.4, 0.5) is 5.69 Å². The van der Waals surface area contributed by atoms with Gasteiger partial charge in [0.25, 0.3) is 11.8 Å². The van der Waals surface area contributed by atoms with Gasteiger partial charge in [0.1, 0.15) is 5.69 Å². The van der Waals surface area contributed by atoms with E-state index < -0.39 is 0 Å². The highest BCUT2D eigenvalue weighted by molar-refractivity contribution is 6.05. The number of carbonyl (C=O) groups excluding carboxylic acids is 2. The molecule has 22 heavy (non-hydrogen) atoms. The minimum Gasteiger partial charge on any atom is -0.348 e. The van der Waals surface area contributed by atoms with E-state index >= 15 is 0 Å². The molecule has 2 aromatic rings. The Morgan fingerprint density at radius 3 is 2.50 bits per heavy atom. The van der Waals surface area contributed by atoms with Crippen LogP contribution in [0.3, 0.4) is 0 Å². The van der Waals surface area contributed by atoms with E-state index in [4.69, 9.17) is 0 Å². The number of rotatable bonds is 4. The van der Waals surface area contributed by atoms with Crippen molar-refractivity contribution in [2.75, 3.05) is 5.32 Å². The number of aromatic nitrogens is 1. The van der Waals surface area contributed by atoms with E-state index in [9.17, 15) is 9.59 Å². The summed E-state index contributed by atoms with van der Waals surface area (Å²) in [6, 6.07) is 10.9. The lowest BCUT2D eigenvalue weighted by molar-refractivity contribution is 0.0946. The molecule has 5 nitrogen and oxygen atoms in total. The maximum absolute atomic E-state index is 12.2. The van der Waals surface area contributed by atoms with Crippen molar-refractivity contribution in [3.05, 3.63) is 59.4 Å². The van der Waals surface area contributed by atoms with Gasteiger partial charge in [0, 0.05) is 23.5 Å². The maximum atomic E-state index is 12.2. The molecular formula is C17H17N3O2. The largest absolute Gasteiger partial charge is 0.348 e. The van der Waals surface area contributed by atoms with Gasteiger partial charge in [-0.2, -0.15) is 0 Å². The molecule has 2 amide bonds. The highest BCUT2D eigenvalue weighted by Crippen LogP contribution is 2.19. The number of nitrogens with one attached hydrogen (secondary N) is 2. The highest BCUT2D eigenvalue weighted by Gasteiger charge is 2.24. The Hall–Kier alpha value is -2.69. The molecule has 5 heteroatoms. The Morgan fingerprint density at radius 2 is 1.82 bits per heavy atom. The lowest BCUT2D eigenvalue weighted by atomic mass is 10.2. The van der Waals surface area contributed by atoms with Crippen molar-refractivity contribution in [3.8, 4) is 0 Å². The maximum Gasteiger partial charge on any atom is 0.270 e. The first-order chi connectivity index (χ1) is 10.6. The van der Waals surface area contributed by atoms with Crippen molar-refractivity contribution >= 4 is 17.5 Å². The van der Waals surface area contributed by atoms with Gasteiger partial charge >= 0.3 is 0 Å². The van der Waals surface area contributed by atoms with Crippen LogP contribution in [0.5, 0.6) is 0 Å². The molecule has 0 atom stereocenters. The zero-order valence-corrected chi connectivity index (χ0v) is 12.3. The summed E-state index contributed by atoms with van der Waals surface area (Å²) >= 11 is 0. The third-order valence-corrected chi connectivity index (χ3v) is 3.48. The van der Waals surface area contributed by atoms with E-state index in [2.05, 4.69) is 15.6 Å². The molecule has 1 heterocycles. The molecule has 0 aliphatic heterocycles. The first-order valence-electron chi connectivity index (χ1n) is 7.27. The van der Waals surface area contributed by atoms with E-state index in [0.29, 0.717) is 5.56 Å². The number of nitrogens with zero attached hydrogens (tertiary/aromatic N) is 1. The van der Waals surface area contributed by atoms with Gasteiger partial charge in [0.05, 0.1) is 0 Å². The molecule has 0 spiro atoms. The number of aryl methyl sites for hydroxylation is 1. The Balaban J connectivity index is 1.71. The second kappa shape index (κ2) is 5.97. The van der Waals surface area contributed by atoms with Crippen LogP contribution in [0.2, 0.25) is 0 Å². The molecule has 0 bridgehead atoms. The van der Waals surface area contributed by atoms with Crippen LogP contribution in [-0.2, 0) is 0 Å². The predicted octanol–water partition coefficient (Wildman–Crippen LogP) is 2.53. The van der Waals surface area contributed by atoms with E-state index in [1.54, 1.807) is 6.07 Å². The van der Waals surface area contributed by atoms with Gasteiger partial charge in [-0.05, 0) is 44.0 Å². The Kier molecular flexibility index (Phi) is 3.87. The van der Waals surface area contributed by atoms with Crippen molar-refractivity contribution in [1.82, 2.24) is 10.3 Å². The van der Waals surface area contributed by atoms with Gasteiger partial charge in [-0.15, -0.1) is 0 Å². The summed E-state index contributed by atoms with van der Waals surface area (Å²) in [7, 11) is 0. The summed E-state index contributed by atoms with van der Waals surface area (Å²) in [5, 5.41) is 5.67. The Bertz CT molecular complexity index is 706. The number of anilines is 1. The summed E-state index contributed by atoms with van der Waals surface area (Å²) in [6.45, 7) is 1.99. The molecular weight excluding hydrogens is 278 g/mol. The number of hydrogen-bond donors (Lipinski definition) is 2. The fourth-order valence-electron chi connectivity index (χ4n) is 2.02. The summed E-state index contributed by atoms with van der Waals surface area (Å²) in [4.78, 5) is 28.2. The average molecular weight is 295 g/mol. The molecule has 3 rings (SSSR count).